The highest BCUT2D eigenvalue weighted by Crippen LogP contribution is 2.26. The quantitative estimate of drug-likeness (QED) is 0.822. The first-order valence-electron chi connectivity index (χ1n) is 5.46. The molecule has 2 N–H and O–H groups in total. The number of amides is 1. The van der Waals surface area contributed by atoms with E-state index in [1.807, 2.05) is 18.2 Å². The molecule has 0 spiro atoms. The van der Waals surface area contributed by atoms with Gasteiger partial charge in [0.1, 0.15) is 5.78 Å². The maximum Gasteiger partial charge on any atom is 0.409 e. The van der Waals surface area contributed by atoms with E-state index in [-0.39, 0.29) is 5.78 Å². The topological polar surface area (TPSA) is 66.4 Å². The second-order valence-electron chi connectivity index (χ2n) is 3.98. The molecule has 4 heteroatoms. The largest absolute Gasteiger partial charge is 0.465 e. The van der Waals surface area contributed by atoms with Gasteiger partial charge in [-0.05, 0) is 29.7 Å². The fraction of sp³-hybridized carbons (Fsp3) is 0.231. The fourth-order valence-corrected chi connectivity index (χ4v) is 1.87. The number of ketones is 1. The number of rotatable bonds is 2. The Morgan fingerprint density at radius 1 is 1.18 bits per heavy atom. The average molecular weight is 231 g/mol. The van der Waals surface area contributed by atoms with Crippen LogP contribution in [0.5, 0.6) is 0 Å². The van der Waals surface area contributed by atoms with E-state index in [0.29, 0.717) is 18.5 Å². The van der Waals surface area contributed by atoms with Crippen molar-refractivity contribution >= 4 is 23.1 Å². The average Bonchev–Trinajstić information content (AvgIpc) is 2.30. The van der Waals surface area contributed by atoms with Gasteiger partial charge in [-0.1, -0.05) is 18.2 Å². The summed E-state index contributed by atoms with van der Waals surface area (Å²) in [5.41, 5.74) is 2.76. The van der Waals surface area contributed by atoms with Gasteiger partial charge in [-0.15, -0.1) is 0 Å². The number of allylic oxidation sites excluding steroid dienone is 2. The van der Waals surface area contributed by atoms with Crippen LogP contribution in [0.25, 0.3) is 5.57 Å². The normalized spacial score (nSPS) is 15.3. The van der Waals surface area contributed by atoms with Crippen molar-refractivity contribution in [2.75, 3.05) is 5.32 Å². The SMILES string of the molecule is O=C1CC=C(c2ccc(NC(=O)O)cc2)CC1. The summed E-state index contributed by atoms with van der Waals surface area (Å²) in [7, 11) is 0. The van der Waals surface area contributed by atoms with Crippen LogP contribution in [0.4, 0.5) is 10.5 Å². The van der Waals surface area contributed by atoms with Crippen molar-refractivity contribution in [3.63, 3.8) is 0 Å². The Kier molecular flexibility index (Phi) is 3.23. The van der Waals surface area contributed by atoms with E-state index >= 15 is 0 Å². The lowest BCUT2D eigenvalue weighted by atomic mass is 9.93. The third-order valence-electron chi connectivity index (χ3n) is 2.76. The number of Topliss-reactive ketones (excluding diaryl/α,β-unsaturated/α-hetero) is 1. The Balaban J connectivity index is 2.12. The van der Waals surface area contributed by atoms with Crippen LogP contribution in [0.2, 0.25) is 0 Å². The first-order valence-corrected chi connectivity index (χ1v) is 5.46. The zero-order valence-corrected chi connectivity index (χ0v) is 9.27. The minimum atomic E-state index is -1.07. The number of nitrogens with one attached hydrogen (secondary N) is 1. The highest BCUT2D eigenvalue weighted by atomic mass is 16.4. The first-order chi connectivity index (χ1) is 8.15. The molecule has 2 rings (SSSR count). The Hall–Kier alpha value is -2.10. The van der Waals surface area contributed by atoms with Gasteiger partial charge < -0.3 is 5.11 Å². The molecule has 88 valence electrons. The van der Waals surface area contributed by atoms with Crippen molar-refractivity contribution in [2.45, 2.75) is 19.3 Å². The Bertz CT molecular complexity index is 474. The van der Waals surface area contributed by atoms with Gasteiger partial charge in [-0.2, -0.15) is 0 Å². The number of anilines is 1. The summed E-state index contributed by atoms with van der Waals surface area (Å²) in [5, 5.41) is 10.8. The Labute approximate surface area is 99.0 Å². The molecule has 1 aromatic rings. The molecule has 0 aromatic heterocycles. The van der Waals surface area contributed by atoms with Crippen LogP contribution < -0.4 is 5.32 Å². The summed E-state index contributed by atoms with van der Waals surface area (Å²) in [6.07, 6.45) is 2.75. The third kappa shape index (κ3) is 2.93. The summed E-state index contributed by atoms with van der Waals surface area (Å²) < 4.78 is 0. The summed E-state index contributed by atoms with van der Waals surface area (Å²) >= 11 is 0. The Morgan fingerprint density at radius 2 is 1.88 bits per heavy atom. The molecule has 0 unspecified atom stereocenters. The first kappa shape index (κ1) is 11.4. The molecule has 1 amide bonds. The van der Waals surface area contributed by atoms with E-state index in [9.17, 15) is 9.59 Å². The molecule has 1 aromatic carbocycles. The van der Waals surface area contributed by atoms with Crippen molar-refractivity contribution in [1.29, 1.82) is 0 Å². The number of benzene rings is 1. The summed E-state index contributed by atoms with van der Waals surface area (Å²) in [6, 6.07) is 7.18. The molecule has 0 aliphatic heterocycles. The lowest BCUT2D eigenvalue weighted by molar-refractivity contribution is -0.118. The minimum absolute atomic E-state index is 0.276. The fourth-order valence-electron chi connectivity index (χ4n) is 1.87. The number of carbonyl (C=O) groups excluding carboxylic acids is 1. The number of hydrogen-bond donors (Lipinski definition) is 2. The van der Waals surface area contributed by atoms with E-state index in [1.54, 1.807) is 12.1 Å². The van der Waals surface area contributed by atoms with Crippen LogP contribution >= 0.6 is 0 Å². The zero-order chi connectivity index (χ0) is 12.3. The van der Waals surface area contributed by atoms with Crippen LogP contribution in [0.1, 0.15) is 24.8 Å². The second-order valence-corrected chi connectivity index (χ2v) is 3.98. The van der Waals surface area contributed by atoms with Crippen molar-refractivity contribution in [3.8, 4) is 0 Å². The van der Waals surface area contributed by atoms with Crippen LogP contribution in [0, 0.1) is 0 Å². The van der Waals surface area contributed by atoms with Crippen LogP contribution in [-0.2, 0) is 4.79 Å². The maximum atomic E-state index is 11.1. The number of hydrogen-bond acceptors (Lipinski definition) is 2. The van der Waals surface area contributed by atoms with Gasteiger partial charge in [0.15, 0.2) is 0 Å². The van der Waals surface area contributed by atoms with Gasteiger partial charge >= 0.3 is 6.09 Å². The molecular weight excluding hydrogens is 218 g/mol. The smallest absolute Gasteiger partial charge is 0.409 e. The van der Waals surface area contributed by atoms with Crippen molar-refractivity contribution in [2.24, 2.45) is 0 Å². The highest BCUT2D eigenvalue weighted by molar-refractivity contribution is 5.87. The van der Waals surface area contributed by atoms with E-state index in [1.165, 1.54) is 0 Å². The van der Waals surface area contributed by atoms with Gasteiger partial charge in [0, 0.05) is 18.5 Å². The van der Waals surface area contributed by atoms with Gasteiger partial charge in [0.25, 0.3) is 0 Å². The molecule has 0 atom stereocenters. The summed E-state index contributed by atoms with van der Waals surface area (Å²) in [5.74, 6) is 0.276. The molecular formula is C13H13NO3. The van der Waals surface area contributed by atoms with Gasteiger partial charge in [0.2, 0.25) is 0 Å². The molecule has 0 saturated carbocycles. The van der Waals surface area contributed by atoms with E-state index in [2.05, 4.69) is 5.32 Å². The van der Waals surface area contributed by atoms with Crippen molar-refractivity contribution in [3.05, 3.63) is 35.9 Å². The second kappa shape index (κ2) is 4.82. The lowest BCUT2D eigenvalue weighted by Gasteiger charge is -2.12. The summed E-state index contributed by atoms with van der Waals surface area (Å²) in [6.45, 7) is 0. The monoisotopic (exact) mass is 231 g/mol. The molecule has 17 heavy (non-hydrogen) atoms. The molecule has 1 aliphatic rings. The van der Waals surface area contributed by atoms with Gasteiger partial charge in [-0.3, -0.25) is 10.1 Å². The number of carboxylic acid groups (broad SMARTS) is 1. The maximum absolute atomic E-state index is 11.1. The van der Waals surface area contributed by atoms with Crippen LogP contribution in [0.3, 0.4) is 0 Å². The molecule has 0 saturated heterocycles. The molecule has 4 nitrogen and oxygen atoms in total. The number of carbonyl (C=O) groups is 2. The van der Waals surface area contributed by atoms with E-state index in [4.69, 9.17) is 5.11 Å². The zero-order valence-electron chi connectivity index (χ0n) is 9.27. The molecule has 0 heterocycles. The van der Waals surface area contributed by atoms with Crippen LogP contribution in [-0.4, -0.2) is 17.0 Å². The van der Waals surface area contributed by atoms with Gasteiger partial charge in [-0.25, -0.2) is 4.79 Å². The predicted molar refractivity (Wildman–Crippen MR) is 64.9 cm³/mol. The third-order valence-corrected chi connectivity index (χ3v) is 2.76. The highest BCUT2D eigenvalue weighted by Gasteiger charge is 2.11. The molecule has 0 radical (unpaired) electrons. The molecule has 0 bridgehead atoms. The predicted octanol–water partition coefficient (Wildman–Crippen LogP) is 2.91. The minimum Gasteiger partial charge on any atom is -0.465 e. The van der Waals surface area contributed by atoms with Crippen molar-refractivity contribution in [1.82, 2.24) is 0 Å². The van der Waals surface area contributed by atoms with Crippen LogP contribution in [0.15, 0.2) is 30.3 Å². The summed E-state index contributed by atoms with van der Waals surface area (Å²) in [4.78, 5) is 21.5. The van der Waals surface area contributed by atoms with Gasteiger partial charge in [0.05, 0.1) is 0 Å². The standard InChI is InChI=1S/C13H13NO3/c15-12-7-3-10(4-8-12)9-1-5-11(6-2-9)14-13(16)17/h1-3,5-6,14H,4,7-8H2,(H,16,17). The molecule has 0 fully saturated rings. The van der Waals surface area contributed by atoms with E-state index < -0.39 is 6.09 Å². The molecule has 1 aliphatic carbocycles. The van der Waals surface area contributed by atoms with Crippen molar-refractivity contribution < 1.29 is 14.7 Å². The van der Waals surface area contributed by atoms with E-state index in [0.717, 1.165) is 17.6 Å². The Morgan fingerprint density at radius 3 is 2.41 bits per heavy atom. The lowest BCUT2D eigenvalue weighted by Crippen LogP contribution is -2.07.